The van der Waals surface area contributed by atoms with Gasteiger partial charge in [0.1, 0.15) is 5.60 Å². The Morgan fingerprint density at radius 1 is 1.62 bits per heavy atom. The summed E-state index contributed by atoms with van der Waals surface area (Å²) in [4.78, 5) is 11.7. The lowest BCUT2D eigenvalue weighted by atomic mass is 9.73. The molecule has 0 spiro atoms. The third-order valence-corrected chi connectivity index (χ3v) is 3.69. The second-order valence-electron chi connectivity index (χ2n) is 4.74. The van der Waals surface area contributed by atoms with E-state index in [9.17, 15) is 4.79 Å². The van der Waals surface area contributed by atoms with E-state index in [2.05, 4.69) is 6.58 Å². The molecule has 1 saturated carbocycles. The third kappa shape index (κ3) is 1.01. The van der Waals surface area contributed by atoms with E-state index in [1.807, 2.05) is 20.8 Å². The molecular formula is C11H16O2. The molecular weight excluding hydrogens is 164 g/mol. The van der Waals surface area contributed by atoms with Crippen LogP contribution in [-0.2, 0) is 9.53 Å². The fourth-order valence-electron chi connectivity index (χ4n) is 2.32. The van der Waals surface area contributed by atoms with E-state index in [0.29, 0.717) is 12.3 Å². The van der Waals surface area contributed by atoms with Gasteiger partial charge in [0.25, 0.3) is 0 Å². The van der Waals surface area contributed by atoms with Crippen LogP contribution < -0.4 is 0 Å². The summed E-state index contributed by atoms with van der Waals surface area (Å²) in [5.74, 6) is 0.572. The van der Waals surface area contributed by atoms with E-state index < -0.39 is 5.60 Å². The second-order valence-corrected chi connectivity index (χ2v) is 4.74. The number of fused-ring (bicyclic) bond motifs is 1. The number of Topliss-reactive ketones (excluding diaryl/α,β-unsaturated/α-hetero) is 1. The summed E-state index contributed by atoms with van der Waals surface area (Å²) in [6.45, 7) is 9.84. The SMILES string of the molecule is C=C(C)[C@@H]1CC(=O)[C@@]2(C)O[C@@]2(C)C1. The molecule has 0 aromatic heterocycles. The third-order valence-electron chi connectivity index (χ3n) is 3.69. The van der Waals surface area contributed by atoms with Crippen molar-refractivity contribution in [3.05, 3.63) is 12.2 Å². The van der Waals surface area contributed by atoms with Gasteiger partial charge in [0.05, 0.1) is 0 Å². The maximum atomic E-state index is 11.7. The lowest BCUT2D eigenvalue weighted by Gasteiger charge is -2.26. The van der Waals surface area contributed by atoms with Gasteiger partial charge in [-0.2, -0.15) is 0 Å². The van der Waals surface area contributed by atoms with Crippen molar-refractivity contribution in [3.8, 4) is 0 Å². The zero-order valence-electron chi connectivity index (χ0n) is 8.52. The van der Waals surface area contributed by atoms with Crippen LogP contribution in [0.25, 0.3) is 0 Å². The van der Waals surface area contributed by atoms with Gasteiger partial charge in [0.2, 0.25) is 0 Å². The summed E-state index contributed by atoms with van der Waals surface area (Å²) >= 11 is 0. The largest absolute Gasteiger partial charge is 0.355 e. The van der Waals surface area contributed by atoms with Gasteiger partial charge in [-0.15, -0.1) is 0 Å². The van der Waals surface area contributed by atoms with E-state index in [1.165, 1.54) is 0 Å². The Morgan fingerprint density at radius 2 is 2.23 bits per heavy atom. The van der Waals surface area contributed by atoms with Gasteiger partial charge < -0.3 is 4.74 Å². The molecule has 2 aliphatic rings. The average molecular weight is 180 g/mol. The standard InChI is InChI=1S/C11H16O2/c1-7(2)8-5-9(12)11(4)10(3,6-8)13-11/h8H,1,5-6H2,2-4H3/t8-,10+,11-/m1/s1. The first kappa shape index (κ1) is 8.95. The molecule has 1 saturated heterocycles. The lowest BCUT2D eigenvalue weighted by Crippen LogP contribution is -2.38. The Kier molecular flexibility index (Phi) is 1.54. The molecule has 0 bridgehead atoms. The maximum Gasteiger partial charge on any atom is 0.167 e. The van der Waals surface area contributed by atoms with Crippen LogP contribution in [0, 0.1) is 5.92 Å². The zero-order chi connectivity index (χ0) is 9.85. The number of carbonyl (C=O) groups is 1. The molecule has 2 fully saturated rings. The van der Waals surface area contributed by atoms with E-state index in [-0.39, 0.29) is 11.4 Å². The van der Waals surface area contributed by atoms with Crippen molar-refractivity contribution in [2.75, 3.05) is 0 Å². The molecule has 1 aliphatic heterocycles. The van der Waals surface area contributed by atoms with Crippen LogP contribution >= 0.6 is 0 Å². The van der Waals surface area contributed by atoms with Crippen LogP contribution in [0.3, 0.4) is 0 Å². The molecule has 13 heavy (non-hydrogen) atoms. The molecule has 0 radical (unpaired) electrons. The molecule has 0 N–H and O–H groups in total. The van der Waals surface area contributed by atoms with Crippen LogP contribution in [-0.4, -0.2) is 17.0 Å². The summed E-state index contributed by atoms with van der Waals surface area (Å²) in [6, 6.07) is 0. The number of hydrogen-bond acceptors (Lipinski definition) is 2. The van der Waals surface area contributed by atoms with Gasteiger partial charge in [-0.1, -0.05) is 12.2 Å². The minimum absolute atomic E-state index is 0.202. The summed E-state index contributed by atoms with van der Waals surface area (Å²) in [5.41, 5.74) is 0.428. The van der Waals surface area contributed by atoms with Gasteiger partial charge in [-0.25, -0.2) is 0 Å². The molecule has 1 aliphatic carbocycles. The van der Waals surface area contributed by atoms with E-state index in [0.717, 1.165) is 12.0 Å². The number of carbonyl (C=O) groups excluding carboxylic acids is 1. The summed E-state index contributed by atoms with van der Waals surface area (Å²) < 4.78 is 5.55. The van der Waals surface area contributed by atoms with Crippen LogP contribution in [0.2, 0.25) is 0 Å². The normalized spacial score (nSPS) is 48.5. The van der Waals surface area contributed by atoms with Crippen LogP contribution in [0.5, 0.6) is 0 Å². The van der Waals surface area contributed by atoms with Crippen molar-refractivity contribution in [1.82, 2.24) is 0 Å². The number of hydrogen-bond donors (Lipinski definition) is 0. The van der Waals surface area contributed by atoms with Crippen LogP contribution in [0.4, 0.5) is 0 Å². The summed E-state index contributed by atoms with van der Waals surface area (Å²) in [6.07, 6.45) is 1.56. The van der Waals surface area contributed by atoms with E-state index in [4.69, 9.17) is 4.74 Å². The Labute approximate surface area is 79.0 Å². The number of ether oxygens (including phenoxy) is 1. The van der Waals surface area contributed by atoms with Gasteiger partial charge in [-0.3, -0.25) is 4.79 Å². The van der Waals surface area contributed by atoms with Crippen molar-refractivity contribution >= 4 is 5.78 Å². The van der Waals surface area contributed by atoms with E-state index >= 15 is 0 Å². The van der Waals surface area contributed by atoms with Crippen molar-refractivity contribution in [3.63, 3.8) is 0 Å². The Balaban J connectivity index is 2.22. The summed E-state index contributed by atoms with van der Waals surface area (Å²) in [7, 11) is 0. The quantitative estimate of drug-likeness (QED) is 0.457. The number of ketones is 1. The molecule has 2 nitrogen and oxygen atoms in total. The predicted molar refractivity (Wildman–Crippen MR) is 50.4 cm³/mol. The van der Waals surface area contributed by atoms with E-state index in [1.54, 1.807) is 0 Å². The van der Waals surface area contributed by atoms with Crippen LogP contribution in [0.1, 0.15) is 33.6 Å². The topological polar surface area (TPSA) is 29.6 Å². The Morgan fingerprint density at radius 3 is 2.69 bits per heavy atom. The van der Waals surface area contributed by atoms with Crippen molar-refractivity contribution in [2.45, 2.75) is 44.8 Å². The smallest absolute Gasteiger partial charge is 0.167 e. The Hall–Kier alpha value is -0.630. The van der Waals surface area contributed by atoms with Gasteiger partial charge in [-0.05, 0) is 33.1 Å². The second kappa shape index (κ2) is 2.24. The highest BCUT2D eigenvalue weighted by molar-refractivity contribution is 5.92. The van der Waals surface area contributed by atoms with Gasteiger partial charge in [0, 0.05) is 6.42 Å². The van der Waals surface area contributed by atoms with Gasteiger partial charge in [0.15, 0.2) is 11.4 Å². The molecule has 3 atom stereocenters. The molecule has 2 heteroatoms. The highest BCUT2D eigenvalue weighted by Gasteiger charge is 2.70. The van der Waals surface area contributed by atoms with Crippen molar-refractivity contribution in [2.24, 2.45) is 5.92 Å². The van der Waals surface area contributed by atoms with Gasteiger partial charge >= 0.3 is 0 Å². The fraction of sp³-hybridized carbons (Fsp3) is 0.727. The molecule has 0 aromatic rings. The molecule has 72 valence electrons. The van der Waals surface area contributed by atoms with Crippen molar-refractivity contribution < 1.29 is 9.53 Å². The predicted octanol–water partition coefficient (Wildman–Crippen LogP) is 2.09. The molecule has 1 heterocycles. The molecule has 2 rings (SSSR count). The minimum Gasteiger partial charge on any atom is -0.355 e. The monoisotopic (exact) mass is 180 g/mol. The number of rotatable bonds is 1. The number of epoxide rings is 1. The fourth-order valence-corrected chi connectivity index (χ4v) is 2.32. The molecule has 0 unspecified atom stereocenters. The highest BCUT2D eigenvalue weighted by atomic mass is 16.6. The Bertz CT molecular complexity index is 294. The first-order valence-electron chi connectivity index (χ1n) is 4.78. The summed E-state index contributed by atoms with van der Waals surface area (Å²) in [5, 5.41) is 0. The van der Waals surface area contributed by atoms with Crippen LogP contribution in [0.15, 0.2) is 12.2 Å². The first-order chi connectivity index (χ1) is 5.89. The maximum absolute atomic E-state index is 11.7. The zero-order valence-corrected chi connectivity index (χ0v) is 8.52. The molecule has 0 aromatic carbocycles. The molecule has 0 amide bonds. The highest BCUT2D eigenvalue weighted by Crippen LogP contribution is 2.57. The van der Waals surface area contributed by atoms with Crippen molar-refractivity contribution in [1.29, 1.82) is 0 Å². The lowest BCUT2D eigenvalue weighted by molar-refractivity contribution is -0.125. The number of allylic oxidation sites excluding steroid dienone is 1. The average Bonchev–Trinajstić information content (AvgIpc) is 2.55. The minimum atomic E-state index is -0.473. The first-order valence-corrected chi connectivity index (χ1v) is 4.78.